The lowest BCUT2D eigenvalue weighted by atomic mass is 10.2. The molecule has 140 valence electrons. The van der Waals surface area contributed by atoms with Crippen LogP contribution in [-0.2, 0) is 23.1 Å². The van der Waals surface area contributed by atoms with E-state index in [0.29, 0.717) is 17.8 Å². The molecule has 0 aliphatic carbocycles. The highest BCUT2D eigenvalue weighted by molar-refractivity contribution is 9.10. The summed E-state index contributed by atoms with van der Waals surface area (Å²) >= 11 is 3.43. The highest BCUT2D eigenvalue weighted by Gasteiger charge is 2.11. The van der Waals surface area contributed by atoms with Crippen LogP contribution in [-0.4, -0.2) is 29.3 Å². The molecule has 0 atom stereocenters. The van der Waals surface area contributed by atoms with E-state index >= 15 is 0 Å². The molecule has 3 aromatic rings. The van der Waals surface area contributed by atoms with Gasteiger partial charge in [0.25, 0.3) is 5.91 Å². The summed E-state index contributed by atoms with van der Waals surface area (Å²) in [5, 5.41) is 15.8. The molecule has 1 aromatic heterocycles. The summed E-state index contributed by atoms with van der Waals surface area (Å²) in [6.45, 7) is 0.768. The number of carbonyl (C=O) groups is 1. The van der Waals surface area contributed by atoms with Crippen LogP contribution in [0.15, 0.2) is 64.1 Å². The molecule has 0 aliphatic rings. The van der Waals surface area contributed by atoms with E-state index in [9.17, 15) is 13.2 Å². The molecule has 3 N–H and O–H groups in total. The third-order valence-electron chi connectivity index (χ3n) is 3.69. The molecule has 0 saturated carbocycles. The van der Waals surface area contributed by atoms with Crippen molar-refractivity contribution in [2.45, 2.75) is 18.0 Å². The molecule has 0 aliphatic heterocycles. The lowest BCUT2D eigenvalue weighted by Crippen LogP contribution is -2.23. The Morgan fingerprint density at radius 3 is 2.59 bits per heavy atom. The molecule has 2 aromatic carbocycles. The van der Waals surface area contributed by atoms with Crippen LogP contribution in [0.25, 0.3) is 0 Å². The first-order chi connectivity index (χ1) is 12.8. The zero-order chi connectivity index (χ0) is 19.4. The Balaban J connectivity index is 1.58. The number of rotatable bonds is 6. The normalized spacial score (nSPS) is 11.3. The molecule has 0 radical (unpaired) electrons. The van der Waals surface area contributed by atoms with E-state index in [4.69, 9.17) is 5.14 Å². The molecule has 27 heavy (non-hydrogen) atoms. The van der Waals surface area contributed by atoms with Gasteiger partial charge in [0.15, 0.2) is 0 Å². The Kier molecular flexibility index (Phi) is 5.68. The van der Waals surface area contributed by atoms with Crippen LogP contribution in [0.3, 0.4) is 0 Å². The summed E-state index contributed by atoms with van der Waals surface area (Å²) in [6, 6.07) is 13.3. The molecule has 10 heteroatoms. The monoisotopic (exact) mass is 449 g/mol. The van der Waals surface area contributed by atoms with Crippen LogP contribution >= 0.6 is 15.9 Å². The summed E-state index contributed by atoms with van der Waals surface area (Å²) in [6.07, 6.45) is 1.76. The quantitative estimate of drug-likeness (QED) is 0.592. The number of hydrogen-bond donors (Lipinski definition) is 2. The molecule has 0 saturated heterocycles. The van der Waals surface area contributed by atoms with Crippen molar-refractivity contribution in [1.82, 2.24) is 20.3 Å². The number of primary sulfonamides is 1. The summed E-state index contributed by atoms with van der Waals surface area (Å²) < 4.78 is 25.1. The zero-order valence-electron chi connectivity index (χ0n) is 14.0. The fraction of sp³-hybridized carbons (Fsp3) is 0.118. The van der Waals surface area contributed by atoms with Gasteiger partial charge < -0.3 is 5.32 Å². The van der Waals surface area contributed by atoms with Gasteiger partial charge in [-0.1, -0.05) is 33.3 Å². The molecule has 0 bridgehead atoms. The number of nitrogens with zero attached hydrogens (tertiary/aromatic N) is 3. The predicted molar refractivity (Wildman–Crippen MR) is 102 cm³/mol. The smallest absolute Gasteiger partial charge is 0.251 e. The van der Waals surface area contributed by atoms with E-state index in [1.54, 1.807) is 10.9 Å². The van der Waals surface area contributed by atoms with Gasteiger partial charge in [0.2, 0.25) is 10.0 Å². The van der Waals surface area contributed by atoms with Crippen molar-refractivity contribution in [3.05, 3.63) is 76.0 Å². The molecule has 1 heterocycles. The second-order valence-electron chi connectivity index (χ2n) is 5.79. The molecular formula is C17H16BrN5O3S. The van der Waals surface area contributed by atoms with Crippen LogP contribution in [0.4, 0.5) is 0 Å². The van der Waals surface area contributed by atoms with Gasteiger partial charge in [-0.25, -0.2) is 18.2 Å². The first-order valence-electron chi connectivity index (χ1n) is 7.86. The zero-order valence-corrected chi connectivity index (χ0v) is 16.4. The second kappa shape index (κ2) is 7.99. The number of benzene rings is 2. The van der Waals surface area contributed by atoms with Crippen LogP contribution in [0.2, 0.25) is 0 Å². The molecule has 3 rings (SSSR count). The van der Waals surface area contributed by atoms with Gasteiger partial charge in [-0.15, -0.1) is 5.10 Å². The van der Waals surface area contributed by atoms with Crippen LogP contribution in [0.5, 0.6) is 0 Å². The maximum absolute atomic E-state index is 12.2. The van der Waals surface area contributed by atoms with Crippen molar-refractivity contribution in [2.75, 3.05) is 0 Å². The minimum absolute atomic E-state index is 0.0467. The lowest BCUT2D eigenvalue weighted by molar-refractivity contribution is 0.0950. The molecular weight excluding hydrogens is 434 g/mol. The van der Waals surface area contributed by atoms with Crippen molar-refractivity contribution in [3.63, 3.8) is 0 Å². The average molecular weight is 450 g/mol. The lowest BCUT2D eigenvalue weighted by Gasteiger charge is -2.04. The van der Waals surface area contributed by atoms with E-state index in [2.05, 4.69) is 31.6 Å². The topological polar surface area (TPSA) is 120 Å². The highest BCUT2D eigenvalue weighted by atomic mass is 79.9. The average Bonchev–Trinajstić information content (AvgIpc) is 3.06. The van der Waals surface area contributed by atoms with Gasteiger partial charge in [0.1, 0.15) is 5.69 Å². The van der Waals surface area contributed by atoms with Crippen molar-refractivity contribution in [2.24, 2.45) is 5.14 Å². The standard InChI is InChI=1S/C17H16BrN5O3S/c18-14-3-1-2-12(8-14)10-23-11-15(21-22-23)9-20-17(24)13-4-6-16(7-5-13)27(19,25)26/h1-8,11H,9-10H2,(H,20,24)(H2,19,25,26). The number of nitrogens with two attached hydrogens (primary N) is 1. The van der Waals surface area contributed by atoms with E-state index < -0.39 is 10.0 Å². The van der Waals surface area contributed by atoms with E-state index in [1.165, 1.54) is 24.3 Å². The van der Waals surface area contributed by atoms with Gasteiger partial charge in [0, 0.05) is 10.0 Å². The summed E-state index contributed by atoms with van der Waals surface area (Å²) in [4.78, 5) is 12.1. The number of hydrogen-bond acceptors (Lipinski definition) is 5. The molecule has 0 unspecified atom stereocenters. The van der Waals surface area contributed by atoms with Gasteiger partial charge in [-0.05, 0) is 42.0 Å². The van der Waals surface area contributed by atoms with Crippen LogP contribution < -0.4 is 10.5 Å². The number of aromatic nitrogens is 3. The number of carbonyl (C=O) groups excluding carboxylic acids is 1. The fourth-order valence-corrected chi connectivity index (χ4v) is 3.35. The van der Waals surface area contributed by atoms with Gasteiger partial charge in [-0.2, -0.15) is 0 Å². The Morgan fingerprint density at radius 2 is 1.93 bits per heavy atom. The van der Waals surface area contributed by atoms with Crippen LogP contribution in [0.1, 0.15) is 21.6 Å². The molecule has 0 fully saturated rings. The molecule has 8 nitrogen and oxygen atoms in total. The first-order valence-corrected chi connectivity index (χ1v) is 10.2. The molecule has 0 spiro atoms. The van der Waals surface area contributed by atoms with Gasteiger partial charge in [0.05, 0.1) is 24.2 Å². The SMILES string of the molecule is NS(=O)(=O)c1ccc(C(=O)NCc2cn(Cc3cccc(Br)c3)nn2)cc1. The molecule has 1 amide bonds. The third kappa shape index (κ3) is 5.22. The minimum atomic E-state index is -3.78. The third-order valence-corrected chi connectivity index (χ3v) is 5.12. The van der Waals surface area contributed by atoms with Gasteiger partial charge >= 0.3 is 0 Å². The number of nitrogens with one attached hydrogen (secondary N) is 1. The number of amides is 1. The summed E-state index contributed by atoms with van der Waals surface area (Å²) in [5.74, 6) is -0.350. The largest absolute Gasteiger partial charge is 0.346 e. The van der Waals surface area contributed by atoms with E-state index in [0.717, 1.165) is 10.0 Å². The number of sulfonamides is 1. The fourth-order valence-electron chi connectivity index (χ4n) is 2.39. The van der Waals surface area contributed by atoms with E-state index in [-0.39, 0.29) is 17.3 Å². The predicted octanol–water partition coefficient (Wildman–Crippen LogP) is 1.67. The first kappa shape index (κ1) is 19.2. The van der Waals surface area contributed by atoms with Crippen molar-refractivity contribution in [1.29, 1.82) is 0 Å². The Bertz CT molecular complexity index is 1060. The van der Waals surface area contributed by atoms with Gasteiger partial charge in [-0.3, -0.25) is 4.79 Å². The van der Waals surface area contributed by atoms with Crippen molar-refractivity contribution < 1.29 is 13.2 Å². The van der Waals surface area contributed by atoms with Crippen molar-refractivity contribution in [3.8, 4) is 0 Å². The van der Waals surface area contributed by atoms with Crippen LogP contribution in [0, 0.1) is 0 Å². The highest BCUT2D eigenvalue weighted by Crippen LogP contribution is 2.12. The maximum Gasteiger partial charge on any atom is 0.251 e. The minimum Gasteiger partial charge on any atom is -0.346 e. The number of halogens is 1. The maximum atomic E-state index is 12.2. The Morgan fingerprint density at radius 1 is 1.19 bits per heavy atom. The summed E-state index contributed by atoms with van der Waals surface area (Å²) in [5.41, 5.74) is 2.00. The summed E-state index contributed by atoms with van der Waals surface area (Å²) in [7, 11) is -3.78. The second-order valence-corrected chi connectivity index (χ2v) is 8.27. The Labute approximate surface area is 164 Å². The Hall–Kier alpha value is -2.56. The van der Waals surface area contributed by atoms with Crippen molar-refractivity contribution >= 4 is 31.9 Å². The van der Waals surface area contributed by atoms with E-state index in [1.807, 2.05) is 24.3 Å².